The van der Waals surface area contributed by atoms with E-state index in [9.17, 15) is 4.79 Å². The molecule has 1 amide bonds. The van der Waals surface area contributed by atoms with E-state index < -0.39 is 0 Å². The monoisotopic (exact) mass is 254 g/mol. The van der Waals surface area contributed by atoms with E-state index >= 15 is 0 Å². The zero-order chi connectivity index (χ0) is 12.5. The van der Waals surface area contributed by atoms with Gasteiger partial charge < -0.3 is 10.2 Å². The molecule has 1 aromatic rings. The second-order valence-electron chi connectivity index (χ2n) is 4.76. The maximum absolute atomic E-state index is 12.2. The quantitative estimate of drug-likeness (QED) is 0.811. The molecule has 1 N–H and O–H groups in total. The summed E-state index contributed by atoms with van der Waals surface area (Å²) in [5.74, 6) is -0.0938. The maximum atomic E-state index is 12.2. The molecule has 1 aromatic heterocycles. The molecule has 17 heavy (non-hydrogen) atoms. The fourth-order valence-electron chi connectivity index (χ4n) is 1.90. The molecule has 0 atom stereocenters. The smallest absolute Gasteiger partial charge is 0.274 e. The molecule has 6 heteroatoms. The third kappa shape index (κ3) is 2.92. The van der Waals surface area contributed by atoms with Gasteiger partial charge in [-0.15, -0.1) is 0 Å². The number of rotatable bonds is 1. The predicted octanol–water partition coefficient (Wildman–Crippen LogP) is 0.954. The number of nitrogens with one attached hydrogen (secondary N) is 1. The van der Waals surface area contributed by atoms with Crippen LogP contribution in [0.15, 0.2) is 12.4 Å². The highest BCUT2D eigenvalue weighted by Crippen LogP contribution is 2.13. The Morgan fingerprint density at radius 1 is 1.47 bits per heavy atom. The SMILES string of the molecule is CC1(C)CN(C(=O)c2cnc(Cl)cn2)CCN1. The van der Waals surface area contributed by atoms with E-state index in [1.165, 1.54) is 12.4 Å². The molecule has 5 nitrogen and oxygen atoms in total. The highest BCUT2D eigenvalue weighted by Gasteiger charge is 2.29. The molecular formula is C11H15ClN4O. The first-order valence-corrected chi connectivity index (χ1v) is 5.88. The Labute approximate surface area is 105 Å². The summed E-state index contributed by atoms with van der Waals surface area (Å²) >= 11 is 5.64. The summed E-state index contributed by atoms with van der Waals surface area (Å²) in [4.78, 5) is 21.8. The van der Waals surface area contributed by atoms with Crippen LogP contribution in [0.1, 0.15) is 24.3 Å². The van der Waals surface area contributed by atoms with Crippen LogP contribution in [-0.2, 0) is 0 Å². The molecule has 1 fully saturated rings. The van der Waals surface area contributed by atoms with E-state index in [0.717, 1.165) is 6.54 Å². The molecule has 2 rings (SSSR count). The topological polar surface area (TPSA) is 58.1 Å². The fourth-order valence-corrected chi connectivity index (χ4v) is 2.00. The van der Waals surface area contributed by atoms with E-state index in [-0.39, 0.29) is 11.4 Å². The third-order valence-electron chi connectivity index (χ3n) is 2.70. The van der Waals surface area contributed by atoms with Crippen molar-refractivity contribution >= 4 is 17.5 Å². The van der Waals surface area contributed by atoms with Crippen molar-refractivity contribution in [3.63, 3.8) is 0 Å². The Morgan fingerprint density at radius 3 is 2.82 bits per heavy atom. The van der Waals surface area contributed by atoms with Gasteiger partial charge in [-0.25, -0.2) is 9.97 Å². The van der Waals surface area contributed by atoms with Crippen molar-refractivity contribution in [2.75, 3.05) is 19.6 Å². The van der Waals surface area contributed by atoms with E-state index in [0.29, 0.717) is 23.9 Å². The molecule has 0 radical (unpaired) electrons. The summed E-state index contributed by atoms with van der Waals surface area (Å²) in [6.07, 6.45) is 2.81. The van der Waals surface area contributed by atoms with Crippen molar-refractivity contribution in [3.8, 4) is 0 Å². The molecule has 0 spiro atoms. The van der Waals surface area contributed by atoms with Crippen LogP contribution in [0.5, 0.6) is 0 Å². The number of hydrogen-bond donors (Lipinski definition) is 1. The number of carbonyl (C=O) groups is 1. The first-order chi connectivity index (χ1) is 7.98. The summed E-state index contributed by atoms with van der Waals surface area (Å²) < 4.78 is 0. The minimum Gasteiger partial charge on any atom is -0.334 e. The Kier molecular flexibility index (Phi) is 3.31. The first-order valence-electron chi connectivity index (χ1n) is 5.50. The van der Waals surface area contributed by atoms with Crippen LogP contribution in [0.25, 0.3) is 0 Å². The molecule has 0 aliphatic carbocycles. The van der Waals surface area contributed by atoms with Crippen molar-refractivity contribution < 1.29 is 4.79 Å². The van der Waals surface area contributed by atoms with Crippen LogP contribution >= 0.6 is 11.6 Å². The Balaban J connectivity index is 2.12. The highest BCUT2D eigenvalue weighted by atomic mass is 35.5. The number of carbonyl (C=O) groups excluding carboxylic acids is 1. The van der Waals surface area contributed by atoms with Crippen LogP contribution in [-0.4, -0.2) is 45.9 Å². The van der Waals surface area contributed by atoms with E-state index in [2.05, 4.69) is 29.1 Å². The second kappa shape index (κ2) is 4.58. The van der Waals surface area contributed by atoms with Gasteiger partial charge in [-0.1, -0.05) is 11.6 Å². The van der Waals surface area contributed by atoms with Crippen LogP contribution in [0.3, 0.4) is 0 Å². The summed E-state index contributed by atoms with van der Waals surface area (Å²) in [6, 6.07) is 0. The predicted molar refractivity (Wildman–Crippen MR) is 65.0 cm³/mol. The van der Waals surface area contributed by atoms with Crippen molar-refractivity contribution in [3.05, 3.63) is 23.2 Å². The number of hydrogen-bond acceptors (Lipinski definition) is 4. The lowest BCUT2D eigenvalue weighted by atomic mass is 10.0. The number of halogens is 1. The molecule has 0 unspecified atom stereocenters. The van der Waals surface area contributed by atoms with Gasteiger partial charge >= 0.3 is 0 Å². The van der Waals surface area contributed by atoms with E-state index in [4.69, 9.17) is 11.6 Å². The minimum absolute atomic E-state index is 0.0617. The number of piperazine rings is 1. The van der Waals surface area contributed by atoms with E-state index in [1.807, 2.05) is 0 Å². The average Bonchev–Trinajstić information content (AvgIpc) is 2.28. The Hall–Kier alpha value is -1.20. The van der Waals surface area contributed by atoms with Crippen molar-refractivity contribution in [2.24, 2.45) is 0 Å². The zero-order valence-electron chi connectivity index (χ0n) is 9.90. The highest BCUT2D eigenvalue weighted by molar-refractivity contribution is 6.29. The van der Waals surface area contributed by atoms with Crippen LogP contribution in [0.4, 0.5) is 0 Å². The average molecular weight is 255 g/mol. The van der Waals surface area contributed by atoms with Crippen LogP contribution in [0.2, 0.25) is 5.15 Å². The second-order valence-corrected chi connectivity index (χ2v) is 5.15. The van der Waals surface area contributed by atoms with Crippen molar-refractivity contribution in [1.29, 1.82) is 0 Å². The van der Waals surface area contributed by atoms with E-state index in [1.54, 1.807) is 4.90 Å². The first kappa shape index (κ1) is 12.3. The molecular weight excluding hydrogens is 240 g/mol. The van der Waals surface area contributed by atoms with Crippen LogP contribution < -0.4 is 5.32 Å². The van der Waals surface area contributed by atoms with Gasteiger partial charge in [-0.3, -0.25) is 4.79 Å². The molecule has 0 bridgehead atoms. The molecule has 92 valence electrons. The Morgan fingerprint density at radius 2 is 2.24 bits per heavy atom. The van der Waals surface area contributed by atoms with Gasteiger partial charge in [0.1, 0.15) is 10.8 Å². The molecule has 1 aliphatic rings. The summed E-state index contributed by atoms with van der Waals surface area (Å²) in [5, 5.41) is 3.65. The maximum Gasteiger partial charge on any atom is 0.274 e. The Bertz CT molecular complexity index is 418. The standard InChI is InChI=1S/C11H15ClN4O/c1-11(2)7-16(4-3-15-11)10(17)8-5-14-9(12)6-13-8/h5-6,15H,3-4,7H2,1-2H3. The van der Waals surface area contributed by atoms with Gasteiger partial charge in [0.05, 0.1) is 12.4 Å². The summed E-state index contributed by atoms with van der Waals surface area (Å²) in [7, 11) is 0. The number of aromatic nitrogens is 2. The van der Waals surface area contributed by atoms with Gasteiger partial charge in [0, 0.05) is 25.2 Å². The lowest BCUT2D eigenvalue weighted by molar-refractivity contribution is 0.0646. The van der Waals surface area contributed by atoms with Gasteiger partial charge in [-0.05, 0) is 13.8 Å². The normalized spacial score (nSPS) is 19.1. The van der Waals surface area contributed by atoms with Crippen molar-refractivity contribution in [2.45, 2.75) is 19.4 Å². The van der Waals surface area contributed by atoms with Crippen molar-refractivity contribution in [1.82, 2.24) is 20.2 Å². The molecule has 2 heterocycles. The van der Waals surface area contributed by atoms with Gasteiger partial charge in [0.15, 0.2) is 0 Å². The number of nitrogens with zero attached hydrogens (tertiary/aromatic N) is 3. The van der Waals surface area contributed by atoms with Gasteiger partial charge in [0.2, 0.25) is 0 Å². The molecule has 1 saturated heterocycles. The molecule has 0 aromatic carbocycles. The zero-order valence-corrected chi connectivity index (χ0v) is 10.7. The summed E-state index contributed by atoms with van der Waals surface area (Å²) in [6.45, 7) is 6.28. The summed E-state index contributed by atoms with van der Waals surface area (Å²) in [5.41, 5.74) is 0.278. The van der Waals surface area contributed by atoms with Crippen LogP contribution in [0, 0.1) is 0 Å². The molecule has 1 aliphatic heterocycles. The van der Waals surface area contributed by atoms with Gasteiger partial charge in [-0.2, -0.15) is 0 Å². The van der Waals surface area contributed by atoms with Gasteiger partial charge in [0.25, 0.3) is 5.91 Å². The lowest BCUT2D eigenvalue weighted by Gasteiger charge is -2.38. The lowest BCUT2D eigenvalue weighted by Crippen LogP contribution is -2.58. The third-order valence-corrected chi connectivity index (χ3v) is 2.89. The molecule has 0 saturated carbocycles. The minimum atomic E-state index is -0.0938. The fraction of sp³-hybridized carbons (Fsp3) is 0.545. The number of amides is 1. The largest absolute Gasteiger partial charge is 0.334 e.